The summed E-state index contributed by atoms with van der Waals surface area (Å²) in [5.41, 5.74) is 1.77. The molecule has 0 bridgehead atoms. The fourth-order valence-electron chi connectivity index (χ4n) is 3.12. The molecule has 2 aromatic carbocycles. The Morgan fingerprint density at radius 1 is 0.833 bits per heavy atom. The average molecular weight is 339 g/mol. The van der Waals surface area contributed by atoms with Crippen LogP contribution in [0.15, 0.2) is 72.4 Å². The van der Waals surface area contributed by atoms with Gasteiger partial charge in [0.25, 0.3) is 0 Å². The molecule has 128 valence electrons. The Morgan fingerprint density at radius 2 is 1.21 bits per heavy atom. The van der Waals surface area contributed by atoms with Crippen molar-refractivity contribution in [3.8, 4) is 0 Å². The van der Waals surface area contributed by atoms with Crippen molar-refractivity contribution in [3.63, 3.8) is 0 Å². The molecule has 2 aromatic rings. The minimum Gasteiger partial charge on any atom is -0.386 e. The minimum atomic E-state index is -1.62. The molecule has 0 radical (unpaired) electrons. The van der Waals surface area contributed by atoms with Crippen LogP contribution in [-0.2, 0) is 12.8 Å². The van der Waals surface area contributed by atoms with Gasteiger partial charge < -0.3 is 5.11 Å². The van der Waals surface area contributed by atoms with Crippen molar-refractivity contribution in [3.05, 3.63) is 83.6 Å². The van der Waals surface area contributed by atoms with Crippen LogP contribution in [-0.4, -0.2) is 18.8 Å². The zero-order valence-corrected chi connectivity index (χ0v) is 16.3. The molecule has 0 heterocycles. The number of aryl methyl sites for hydroxylation is 2. The van der Waals surface area contributed by atoms with E-state index in [1.165, 1.54) is 11.1 Å². The SMILES string of the molecule is C=C(C(O)(CCc1ccccc1)CCc1ccccc1)[Si](C)(C)C. The first-order chi connectivity index (χ1) is 11.3. The van der Waals surface area contributed by atoms with Crippen molar-refractivity contribution in [1.29, 1.82) is 0 Å². The van der Waals surface area contributed by atoms with Gasteiger partial charge in [-0.05, 0) is 36.8 Å². The fourth-order valence-corrected chi connectivity index (χ4v) is 4.76. The predicted octanol–water partition coefficient (Wildman–Crippen LogP) is 5.42. The van der Waals surface area contributed by atoms with Gasteiger partial charge in [0.1, 0.15) is 0 Å². The largest absolute Gasteiger partial charge is 0.386 e. The van der Waals surface area contributed by atoms with Gasteiger partial charge in [-0.15, -0.1) is 6.58 Å². The molecule has 0 aliphatic heterocycles. The number of aliphatic hydroxyl groups is 1. The van der Waals surface area contributed by atoms with Crippen LogP contribution in [0.3, 0.4) is 0 Å². The lowest BCUT2D eigenvalue weighted by Crippen LogP contribution is -2.43. The second kappa shape index (κ2) is 7.95. The lowest BCUT2D eigenvalue weighted by Gasteiger charge is -2.37. The number of rotatable bonds is 8. The van der Waals surface area contributed by atoms with Crippen LogP contribution in [0.1, 0.15) is 24.0 Å². The van der Waals surface area contributed by atoms with Gasteiger partial charge in [0.05, 0.1) is 13.7 Å². The Morgan fingerprint density at radius 3 is 1.54 bits per heavy atom. The Kier molecular flexibility index (Phi) is 6.19. The summed E-state index contributed by atoms with van der Waals surface area (Å²) in [6.45, 7) is 11.1. The molecule has 0 fully saturated rings. The molecule has 2 rings (SSSR count). The molecule has 0 saturated carbocycles. The standard InChI is InChI=1S/C22H30OSi/c1-19(24(2,3)4)22(23,17-15-20-11-7-5-8-12-20)18-16-21-13-9-6-10-14-21/h5-14,23H,1,15-18H2,2-4H3. The molecule has 0 aliphatic rings. The van der Waals surface area contributed by atoms with Gasteiger partial charge in [-0.1, -0.05) is 85.5 Å². The second-order valence-corrected chi connectivity index (χ2v) is 12.8. The van der Waals surface area contributed by atoms with E-state index < -0.39 is 13.7 Å². The third-order valence-corrected chi connectivity index (χ3v) is 7.08. The van der Waals surface area contributed by atoms with Gasteiger partial charge in [0.15, 0.2) is 0 Å². The Balaban J connectivity index is 2.12. The van der Waals surface area contributed by atoms with Crippen molar-refractivity contribution < 1.29 is 5.11 Å². The van der Waals surface area contributed by atoms with Crippen molar-refractivity contribution in [2.24, 2.45) is 0 Å². The lowest BCUT2D eigenvalue weighted by atomic mass is 9.88. The van der Waals surface area contributed by atoms with Crippen LogP contribution in [0.25, 0.3) is 0 Å². The third kappa shape index (κ3) is 5.18. The molecule has 0 saturated heterocycles. The van der Waals surface area contributed by atoms with Crippen LogP contribution >= 0.6 is 0 Å². The number of benzene rings is 2. The maximum Gasteiger partial charge on any atom is 0.0826 e. The van der Waals surface area contributed by atoms with E-state index in [4.69, 9.17) is 0 Å². The molecule has 1 N–H and O–H groups in total. The first-order valence-electron chi connectivity index (χ1n) is 8.81. The van der Waals surface area contributed by atoms with Crippen molar-refractivity contribution in [2.75, 3.05) is 0 Å². The third-order valence-electron chi connectivity index (χ3n) is 4.81. The smallest absolute Gasteiger partial charge is 0.0826 e. The average Bonchev–Trinajstić information content (AvgIpc) is 2.58. The summed E-state index contributed by atoms with van der Waals surface area (Å²) in [5, 5.41) is 12.5. The molecule has 0 atom stereocenters. The molecule has 0 aromatic heterocycles. The zero-order chi connectivity index (χ0) is 17.6. The highest BCUT2D eigenvalue weighted by Crippen LogP contribution is 2.33. The summed E-state index contributed by atoms with van der Waals surface area (Å²) >= 11 is 0. The van der Waals surface area contributed by atoms with Crippen molar-refractivity contribution in [2.45, 2.75) is 50.9 Å². The Hall–Kier alpha value is -1.64. The summed E-state index contributed by atoms with van der Waals surface area (Å²) in [5.74, 6) is 0. The fraction of sp³-hybridized carbons (Fsp3) is 0.364. The van der Waals surface area contributed by atoms with E-state index in [0.717, 1.165) is 30.9 Å². The van der Waals surface area contributed by atoms with Gasteiger partial charge in [-0.3, -0.25) is 0 Å². The minimum absolute atomic E-state index is 0.743. The van der Waals surface area contributed by atoms with Crippen LogP contribution in [0.2, 0.25) is 19.6 Å². The van der Waals surface area contributed by atoms with E-state index >= 15 is 0 Å². The Labute approximate surface area is 148 Å². The van der Waals surface area contributed by atoms with Crippen molar-refractivity contribution >= 4 is 8.07 Å². The molecule has 0 spiro atoms. The van der Waals surface area contributed by atoms with Crippen LogP contribution in [0, 0.1) is 0 Å². The van der Waals surface area contributed by atoms with E-state index in [1.807, 2.05) is 12.1 Å². The highest BCUT2D eigenvalue weighted by atomic mass is 28.3. The summed E-state index contributed by atoms with van der Waals surface area (Å²) in [7, 11) is -1.62. The maximum atomic E-state index is 11.5. The summed E-state index contributed by atoms with van der Waals surface area (Å²) in [6, 6.07) is 20.8. The topological polar surface area (TPSA) is 20.2 Å². The normalized spacial score (nSPS) is 12.2. The monoisotopic (exact) mass is 338 g/mol. The molecular formula is C22H30OSi. The quantitative estimate of drug-likeness (QED) is 0.637. The lowest BCUT2D eigenvalue weighted by molar-refractivity contribution is 0.0670. The zero-order valence-electron chi connectivity index (χ0n) is 15.3. The molecule has 0 amide bonds. The molecule has 2 heteroatoms. The summed E-state index contributed by atoms with van der Waals surface area (Å²) < 4.78 is 0. The first-order valence-corrected chi connectivity index (χ1v) is 12.3. The van der Waals surface area contributed by atoms with Gasteiger partial charge in [0.2, 0.25) is 0 Å². The highest BCUT2D eigenvalue weighted by molar-refractivity contribution is 6.83. The summed E-state index contributed by atoms with van der Waals surface area (Å²) in [4.78, 5) is 0. The predicted molar refractivity (Wildman–Crippen MR) is 107 cm³/mol. The van der Waals surface area contributed by atoms with E-state index in [0.29, 0.717) is 0 Å². The molecular weight excluding hydrogens is 308 g/mol. The van der Waals surface area contributed by atoms with E-state index in [-0.39, 0.29) is 0 Å². The van der Waals surface area contributed by atoms with E-state index in [2.05, 4.69) is 74.8 Å². The summed E-state index contributed by atoms with van der Waals surface area (Å²) in [6.07, 6.45) is 3.26. The first kappa shape index (κ1) is 18.7. The van der Waals surface area contributed by atoms with Crippen LogP contribution in [0.4, 0.5) is 0 Å². The molecule has 1 nitrogen and oxygen atoms in total. The van der Waals surface area contributed by atoms with E-state index in [1.54, 1.807) is 0 Å². The maximum absolute atomic E-state index is 11.5. The highest BCUT2D eigenvalue weighted by Gasteiger charge is 2.36. The van der Waals surface area contributed by atoms with Gasteiger partial charge >= 0.3 is 0 Å². The van der Waals surface area contributed by atoms with Crippen molar-refractivity contribution in [1.82, 2.24) is 0 Å². The molecule has 24 heavy (non-hydrogen) atoms. The van der Waals surface area contributed by atoms with Gasteiger partial charge in [-0.2, -0.15) is 0 Å². The number of hydrogen-bond acceptors (Lipinski definition) is 1. The Bertz CT molecular complexity index is 597. The second-order valence-electron chi connectivity index (χ2n) is 7.73. The molecule has 0 unspecified atom stereocenters. The van der Waals surface area contributed by atoms with E-state index in [9.17, 15) is 5.11 Å². The van der Waals surface area contributed by atoms with Gasteiger partial charge in [-0.25, -0.2) is 0 Å². The van der Waals surface area contributed by atoms with Crippen LogP contribution in [0.5, 0.6) is 0 Å². The molecule has 0 aliphatic carbocycles. The van der Waals surface area contributed by atoms with Crippen LogP contribution < -0.4 is 0 Å². The van der Waals surface area contributed by atoms with Gasteiger partial charge in [0, 0.05) is 0 Å². The number of hydrogen-bond donors (Lipinski definition) is 1.